The highest BCUT2D eigenvalue weighted by Crippen LogP contribution is 1.64. The number of nitrogens with zero attached hydrogens (tertiary/aromatic N) is 3. The molecule has 6 heteroatoms. The predicted molar refractivity (Wildman–Crippen MR) is 32.9 cm³/mol. The first-order valence-corrected chi connectivity index (χ1v) is 1.95. The smallest absolute Gasteiger partial charge is 0.259 e. The van der Waals surface area contributed by atoms with E-state index in [1.54, 1.807) is 0 Å². The van der Waals surface area contributed by atoms with Crippen molar-refractivity contribution >= 4 is 19.8 Å². The van der Waals surface area contributed by atoms with Crippen molar-refractivity contribution in [2.45, 2.75) is 0 Å². The van der Waals surface area contributed by atoms with Crippen LogP contribution < -0.4 is 11.1 Å². The lowest BCUT2D eigenvalue weighted by Crippen LogP contribution is -2.41. The Morgan fingerprint density at radius 2 is 1.78 bits per heavy atom. The molecule has 1 amide bonds. The minimum absolute atomic E-state index is 0.722. The molecule has 0 aliphatic rings. The lowest BCUT2D eigenvalue weighted by Gasteiger charge is -2.10. The fourth-order valence-corrected chi connectivity index (χ4v) is 0.205. The van der Waals surface area contributed by atoms with Gasteiger partial charge in [0.15, 0.2) is 0 Å². The van der Waals surface area contributed by atoms with E-state index < -0.39 is 0 Å². The predicted octanol–water partition coefficient (Wildman–Crippen LogP) is -1.40. The van der Waals surface area contributed by atoms with Crippen LogP contribution in [0.2, 0.25) is 0 Å². The minimum atomic E-state index is 0.722. The third kappa shape index (κ3) is 3.03. The number of hydrogen-bond donors (Lipinski definition) is 2. The van der Waals surface area contributed by atoms with Crippen molar-refractivity contribution < 1.29 is 4.79 Å². The van der Waals surface area contributed by atoms with Crippen molar-refractivity contribution in [1.82, 2.24) is 16.2 Å². The zero-order chi connectivity index (χ0) is 7.11. The van der Waals surface area contributed by atoms with Gasteiger partial charge in [0, 0.05) is 13.4 Å². The Morgan fingerprint density at radius 3 is 2.00 bits per heavy atom. The second-order valence-corrected chi connectivity index (χ2v) is 0.943. The molecule has 0 aliphatic carbocycles. The SMILES string of the molecule is C=NNN([C]=O)NN=C. The molecule has 6 nitrogen and oxygen atoms in total. The molecule has 0 bridgehead atoms. The molecule has 49 valence electrons. The third-order valence-electron chi connectivity index (χ3n) is 0.433. The summed E-state index contributed by atoms with van der Waals surface area (Å²) >= 11 is 0. The molecular weight excluding hydrogens is 122 g/mol. The highest BCUT2D eigenvalue weighted by atomic mass is 16.2. The van der Waals surface area contributed by atoms with E-state index in [1.165, 1.54) is 6.41 Å². The van der Waals surface area contributed by atoms with Crippen molar-refractivity contribution in [1.29, 1.82) is 0 Å². The van der Waals surface area contributed by atoms with Gasteiger partial charge in [-0.15, -0.1) is 5.12 Å². The first-order chi connectivity index (χ1) is 4.35. The molecule has 0 aromatic carbocycles. The normalized spacial score (nSPS) is 7.11. The topological polar surface area (TPSA) is 69.1 Å². The monoisotopic (exact) mass is 128 g/mol. The summed E-state index contributed by atoms with van der Waals surface area (Å²) in [6, 6.07) is 0. The van der Waals surface area contributed by atoms with E-state index >= 15 is 0 Å². The van der Waals surface area contributed by atoms with Crippen LogP contribution in [-0.2, 0) is 4.79 Å². The van der Waals surface area contributed by atoms with Crippen molar-refractivity contribution in [3.05, 3.63) is 0 Å². The number of rotatable bonds is 5. The summed E-state index contributed by atoms with van der Waals surface area (Å²) in [5.41, 5.74) is 4.22. The summed E-state index contributed by atoms with van der Waals surface area (Å²) in [5, 5.41) is 7.00. The maximum absolute atomic E-state index is 9.79. The second kappa shape index (κ2) is 4.57. The lowest BCUT2D eigenvalue weighted by molar-refractivity contribution is 0.219. The molecule has 2 N–H and O–H groups in total. The van der Waals surface area contributed by atoms with Gasteiger partial charge in [0.25, 0.3) is 0 Å². The van der Waals surface area contributed by atoms with E-state index in [0.717, 1.165) is 5.12 Å². The van der Waals surface area contributed by atoms with Crippen molar-refractivity contribution in [3.8, 4) is 0 Å². The van der Waals surface area contributed by atoms with Crippen molar-refractivity contribution in [2.75, 3.05) is 0 Å². The maximum Gasteiger partial charge on any atom is 0.356 e. The van der Waals surface area contributed by atoms with Crippen LogP contribution in [0, 0.1) is 0 Å². The van der Waals surface area contributed by atoms with Gasteiger partial charge in [0.2, 0.25) is 0 Å². The molecule has 0 saturated heterocycles. The molecule has 0 aromatic heterocycles. The molecule has 1 radical (unpaired) electrons. The van der Waals surface area contributed by atoms with Gasteiger partial charge in [-0.05, 0) is 0 Å². The molecule has 0 fully saturated rings. The number of amides is 1. The van der Waals surface area contributed by atoms with Crippen molar-refractivity contribution in [2.24, 2.45) is 10.2 Å². The molecular formula is C3H6N5O. The molecule has 0 heterocycles. The fraction of sp³-hybridized carbons (Fsp3) is 0. The van der Waals surface area contributed by atoms with Crippen LogP contribution in [0.1, 0.15) is 0 Å². The molecule has 0 aromatic rings. The highest BCUT2D eigenvalue weighted by molar-refractivity contribution is 5.46. The Labute approximate surface area is 52.2 Å². The van der Waals surface area contributed by atoms with Gasteiger partial charge in [0.05, 0.1) is 0 Å². The molecule has 0 unspecified atom stereocenters. The number of hydrazone groups is 2. The van der Waals surface area contributed by atoms with E-state index in [9.17, 15) is 4.79 Å². The molecule has 0 rings (SSSR count). The highest BCUT2D eigenvalue weighted by Gasteiger charge is 1.92. The number of carbonyl (C=O) groups excluding carboxylic acids is 1. The van der Waals surface area contributed by atoms with E-state index in [4.69, 9.17) is 0 Å². The Morgan fingerprint density at radius 1 is 1.33 bits per heavy atom. The second-order valence-electron chi connectivity index (χ2n) is 0.943. The zero-order valence-electron chi connectivity index (χ0n) is 4.66. The van der Waals surface area contributed by atoms with Gasteiger partial charge in [-0.25, -0.2) is 0 Å². The van der Waals surface area contributed by atoms with Gasteiger partial charge >= 0.3 is 6.41 Å². The molecule has 0 aliphatic heterocycles. The zero-order valence-corrected chi connectivity index (χ0v) is 4.66. The molecule has 0 atom stereocenters. The van der Waals surface area contributed by atoms with Gasteiger partial charge in [-0.2, -0.15) is 21.3 Å². The summed E-state index contributed by atoms with van der Waals surface area (Å²) < 4.78 is 0. The Hall–Kier alpha value is -1.59. The Kier molecular flexibility index (Phi) is 3.76. The molecule has 0 spiro atoms. The summed E-state index contributed by atoms with van der Waals surface area (Å²) in [4.78, 5) is 9.79. The van der Waals surface area contributed by atoms with E-state index in [2.05, 4.69) is 34.7 Å². The fourth-order valence-electron chi connectivity index (χ4n) is 0.205. The third-order valence-corrected chi connectivity index (χ3v) is 0.433. The summed E-state index contributed by atoms with van der Waals surface area (Å²) in [7, 11) is 0. The molecule has 0 saturated carbocycles. The Balaban J connectivity index is 3.51. The standard InChI is InChI=1S/C3H6N5O/c1-4-6-8(3-9)7-5-2/h6-7H,1-2H2. The van der Waals surface area contributed by atoms with Crippen LogP contribution in [0.25, 0.3) is 0 Å². The van der Waals surface area contributed by atoms with Gasteiger partial charge in [-0.1, -0.05) is 0 Å². The van der Waals surface area contributed by atoms with Crippen LogP contribution in [-0.4, -0.2) is 25.0 Å². The largest absolute Gasteiger partial charge is 0.356 e. The first kappa shape index (κ1) is 7.41. The van der Waals surface area contributed by atoms with Crippen molar-refractivity contribution in [3.63, 3.8) is 0 Å². The maximum atomic E-state index is 9.79. The van der Waals surface area contributed by atoms with E-state index in [0.29, 0.717) is 0 Å². The first-order valence-electron chi connectivity index (χ1n) is 1.95. The Bertz CT molecular complexity index is 103. The van der Waals surface area contributed by atoms with Crippen LogP contribution in [0.4, 0.5) is 0 Å². The quantitative estimate of drug-likeness (QED) is 0.271. The van der Waals surface area contributed by atoms with Crippen LogP contribution in [0.15, 0.2) is 10.2 Å². The van der Waals surface area contributed by atoms with E-state index in [1.807, 2.05) is 0 Å². The summed E-state index contributed by atoms with van der Waals surface area (Å²) in [6.45, 7) is 6.09. The van der Waals surface area contributed by atoms with E-state index in [-0.39, 0.29) is 0 Å². The number of nitrogens with one attached hydrogen (secondary N) is 2. The van der Waals surface area contributed by atoms with Gasteiger partial charge < -0.3 is 0 Å². The average Bonchev–Trinajstić information content (AvgIpc) is 1.88. The number of hydrogen-bond acceptors (Lipinski definition) is 5. The van der Waals surface area contributed by atoms with Crippen LogP contribution in [0.5, 0.6) is 0 Å². The summed E-state index contributed by atoms with van der Waals surface area (Å²) in [5.74, 6) is 0. The van der Waals surface area contributed by atoms with Gasteiger partial charge in [0.1, 0.15) is 0 Å². The molecule has 9 heavy (non-hydrogen) atoms. The van der Waals surface area contributed by atoms with Crippen LogP contribution in [0.3, 0.4) is 0 Å². The summed E-state index contributed by atoms with van der Waals surface area (Å²) in [6.07, 6.45) is 1.40. The average molecular weight is 128 g/mol. The van der Waals surface area contributed by atoms with Crippen LogP contribution >= 0.6 is 0 Å². The lowest BCUT2D eigenvalue weighted by atomic mass is 11.3. The number of hydrazine groups is 2. The minimum Gasteiger partial charge on any atom is -0.259 e. The van der Waals surface area contributed by atoms with Gasteiger partial charge in [-0.3, -0.25) is 4.79 Å².